The van der Waals surface area contributed by atoms with E-state index >= 15 is 0 Å². The van der Waals surface area contributed by atoms with Crippen molar-refractivity contribution in [1.29, 1.82) is 0 Å². The molecule has 0 radical (unpaired) electrons. The maximum absolute atomic E-state index is 12.6. The molecule has 0 amide bonds. The molecule has 1 fully saturated rings. The zero-order valence-electron chi connectivity index (χ0n) is 11.3. The van der Waals surface area contributed by atoms with E-state index in [1.54, 1.807) is 12.1 Å². The number of ether oxygens (including phenoxy) is 1. The van der Waals surface area contributed by atoms with Crippen LogP contribution in [0.25, 0.3) is 0 Å². The molecule has 0 aromatic heterocycles. The first-order valence-corrected chi connectivity index (χ1v) is 8.05. The van der Waals surface area contributed by atoms with Crippen molar-refractivity contribution in [3.63, 3.8) is 0 Å². The number of nitrogens with two attached hydrogens (primary N) is 1. The Bertz CT molecular complexity index is 703. The van der Waals surface area contributed by atoms with Crippen molar-refractivity contribution in [3.8, 4) is 5.75 Å². The van der Waals surface area contributed by atoms with Crippen LogP contribution >= 0.6 is 0 Å². The van der Waals surface area contributed by atoms with Gasteiger partial charge in [-0.15, -0.1) is 0 Å². The fourth-order valence-electron chi connectivity index (χ4n) is 2.65. The predicted molar refractivity (Wildman–Crippen MR) is 73.6 cm³/mol. The van der Waals surface area contributed by atoms with Gasteiger partial charge in [0, 0.05) is 19.5 Å². The average molecular weight is 312 g/mol. The molecule has 1 saturated heterocycles. The fraction of sp³-hybridized carbons (Fsp3) is 0.462. The van der Waals surface area contributed by atoms with Crippen LogP contribution in [-0.4, -0.2) is 49.0 Å². The number of nitrogens with zero attached hydrogens (tertiary/aromatic N) is 1. The van der Waals surface area contributed by atoms with Gasteiger partial charge in [-0.05, 0) is 30.2 Å². The largest absolute Gasteiger partial charge is 0.493 e. The first-order valence-electron chi connectivity index (χ1n) is 6.61. The lowest BCUT2D eigenvalue weighted by molar-refractivity contribution is -0.142. The molecule has 3 rings (SSSR count). The Morgan fingerprint density at radius 1 is 1.43 bits per heavy atom. The van der Waals surface area contributed by atoms with E-state index in [1.165, 1.54) is 6.07 Å². The van der Waals surface area contributed by atoms with Crippen LogP contribution in [0.15, 0.2) is 23.1 Å². The van der Waals surface area contributed by atoms with E-state index in [4.69, 9.17) is 15.6 Å². The van der Waals surface area contributed by atoms with Gasteiger partial charge in [-0.25, -0.2) is 8.42 Å². The van der Waals surface area contributed by atoms with Gasteiger partial charge in [-0.3, -0.25) is 4.79 Å². The Labute approximate surface area is 122 Å². The molecule has 3 N–H and O–H groups in total. The average Bonchev–Trinajstić information content (AvgIpc) is 3.05. The summed E-state index contributed by atoms with van der Waals surface area (Å²) >= 11 is 0. The predicted octanol–water partition coefficient (Wildman–Crippen LogP) is -0.202. The van der Waals surface area contributed by atoms with Crippen molar-refractivity contribution >= 4 is 16.0 Å². The van der Waals surface area contributed by atoms with Crippen LogP contribution in [0.4, 0.5) is 0 Å². The summed E-state index contributed by atoms with van der Waals surface area (Å²) in [6.07, 6.45) is 0.782. The number of carboxylic acid groups (broad SMARTS) is 1. The van der Waals surface area contributed by atoms with Crippen LogP contribution in [0.5, 0.6) is 5.75 Å². The van der Waals surface area contributed by atoms with Crippen molar-refractivity contribution in [3.05, 3.63) is 23.8 Å². The Morgan fingerprint density at radius 2 is 2.19 bits per heavy atom. The van der Waals surface area contributed by atoms with E-state index in [1.807, 2.05) is 0 Å². The maximum Gasteiger partial charge on any atom is 0.325 e. The zero-order chi connectivity index (χ0) is 15.3. The van der Waals surface area contributed by atoms with E-state index < -0.39 is 21.5 Å². The maximum atomic E-state index is 12.6. The number of benzene rings is 1. The van der Waals surface area contributed by atoms with E-state index in [9.17, 15) is 13.2 Å². The lowest BCUT2D eigenvalue weighted by Gasteiger charge is -2.20. The standard InChI is InChI=1S/C13H16N2O5S/c14-13(12(16)17)4-5-15(8-13)21(18,19)10-1-2-11-9(7-10)3-6-20-11/h1-2,7H,3-6,8,14H2,(H,16,17). The molecular weight excluding hydrogens is 296 g/mol. The van der Waals surface area contributed by atoms with Crippen LogP contribution in [0.1, 0.15) is 12.0 Å². The highest BCUT2D eigenvalue weighted by atomic mass is 32.2. The lowest BCUT2D eigenvalue weighted by Crippen LogP contribution is -2.50. The van der Waals surface area contributed by atoms with Crippen LogP contribution in [0.3, 0.4) is 0 Å². The molecule has 2 aliphatic heterocycles. The summed E-state index contributed by atoms with van der Waals surface area (Å²) < 4.78 is 31.7. The highest BCUT2D eigenvalue weighted by Gasteiger charge is 2.45. The van der Waals surface area contributed by atoms with Crippen molar-refractivity contribution in [2.24, 2.45) is 5.73 Å². The molecule has 8 heteroatoms. The second kappa shape index (κ2) is 4.69. The number of hydrogen-bond donors (Lipinski definition) is 2. The SMILES string of the molecule is NC1(C(=O)O)CCN(S(=O)(=O)c2ccc3c(c2)CCO3)C1. The quantitative estimate of drug-likeness (QED) is 0.799. The minimum absolute atomic E-state index is 0.107. The van der Waals surface area contributed by atoms with Crippen LogP contribution in [-0.2, 0) is 21.2 Å². The Morgan fingerprint density at radius 3 is 2.86 bits per heavy atom. The van der Waals surface area contributed by atoms with Crippen LogP contribution in [0, 0.1) is 0 Å². The summed E-state index contributed by atoms with van der Waals surface area (Å²) in [6.45, 7) is 0.449. The molecule has 114 valence electrons. The number of hydrogen-bond acceptors (Lipinski definition) is 5. The van der Waals surface area contributed by atoms with Crippen molar-refractivity contribution < 1.29 is 23.1 Å². The van der Waals surface area contributed by atoms with Crippen LogP contribution in [0.2, 0.25) is 0 Å². The molecule has 0 saturated carbocycles. The molecule has 0 bridgehead atoms. The molecule has 2 heterocycles. The summed E-state index contributed by atoms with van der Waals surface area (Å²) in [4.78, 5) is 11.3. The monoisotopic (exact) mass is 312 g/mol. The molecule has 1 aromatic rings. The Kier molecular flexibility index (Phi) is 3.19. The first kappa shape index (κ1) is 14.3. The summed E-state index contributed by atoms with van der Waals surface area (Å²) in [6, 6.07) is 4.71. The zero-order valence-corrected chi connectivity index (χ0v) is 12.1. The fourth-order valence-corrected chi connectivity index (χ4v) is 4.21. The minimum Gasteiger partial charge on any atom is -0.493 e. The third kappa shape index (κ3) is 2.29. The Hall–Kier alpha value is -1.64. The van der Waals surface area contributed by atoms with Gasteiger partial charge in [0.05, 0.1) is 11.5 Å². The summed E-state index contributed by atoms with van der Waals surface area (Å²) in [5.41, 5.74) is 5.08. The van der Waals surface area contributed by atoms with Crippen molar-refractivity contribution in [1.82, 2.24) is 4.31 Å². The number of sulfonamides is 1. The Balaban J connectivity index is 1.90. The van der Waals surface area contributed by atoms with Gasteiger partial charge in [0.15, 0.2) is 0 Å². The van der Waals surface area contributed by atoms with Gasteiger partial charge in [0.2, 0.25) is 10.0 Å². The number of carboxylic acids is 1. The summed E-state index contributed by atoms with van der Waals surface area (Å²) in [5.74, 6) is -0.475. The molecule has 1 atom stereocenters. The number of rotatable bonds is 3. The summed E-state index contributed by atoms with van der Waals surface area (Å²) in [5, 5.41) is 9.09. The molecule has 7 nitrogen and oxygen atoms in total. The van der Waals surface area contributed by atoms with Gasteiger partial charge in [0.25, 0.3) is 0 Å². The summed E-state index contributed by atoms with van der Waals surface area (Å²) in [7, 11) is -3.73. The molecule has 0 aliphatic carbocycles. The minimum atomic E-state index is -3.73. The lowest BCUT2D eigenvalue weighted by atomic mass is 10.0. The number of aliphatic carboxylic acids is 1. The van der Waals surface area contributed by atoms with E-state index in [-0.39, 0.29) is 24.4 Å². The molecular formula is C13H16N2O5S. The van der Waals surface area contributed by atoms with Gasteiger partial charge >= 0.3 is 5.97 Å². The van der Waals surface area contributed by atoms with Gasteiger partial charge in [-0.1, -0.05) is 0 Å². The molecule has 2 aliphatic rings. The van der Waals surface area contributed by atoms with E-state index in [2.05, 4.69) is 0 Å². The van der Waals surface area contributed by atoms with E-state index in [0.29, 0.717) is 18.8 Å². The molecule has 0 spiro atoms. The van der Waals surface area contributed by atoms with Gasteiger partial charge in [-0.2, -0.15) is 4.31 Å². The first-order chi connectivity index (χ1) is 9.83. The second-order valence-electron chi connectivity index (χ2n) is 5.42. The third-order valence-corrected chi connectivity index (χ3v) is 5.83. The second-order valence-corrected chi connectivity index (χ2v) is 7.36. The molecule has 21 heavy (non-hydrogen) atoms. The van der Waals surface area contributed by atoms with E-state index in [0.717, 1.165) is 9.87 Å². The van der Waals surface area contributed by atoms with Gasteiger partial charge < -0.3 is 15.6 Å². The third-order valence-electron chi connectivity index (χ3n) is 3.99. The smallest absolute Gasteiger partial charge is 0.325 e. The number of carbonyl (C=O) groups is 1. The van der Waals surface area contributed by atoms with Crippen molar-refractivity contribution in [2.45, 2.75) is 23.3 Å². The normalized spacial score (nSPS) is 25.6. The van der Waals surface area contributed by atoms with Crippen molar-refractivity contribution in [2.75, 3.05) is 19.7 Å². The highest BCUT2D eigenvalue weighted by molar-refractivity contribution is 7.89. The molecule has 1 aromatic carbocycles. The van der Waals surface area contributed by atoms with Gasteiger partial charge in [0.1, 0.15) is 11.3 Å². The number of fused-ring (bicyclic) bond motifs is 1. The molecule has 1 unspecified atom stereocenters. The van der Waals surface area contributed by atoms with Crippen LogP contribution < -0.4 is 10.5 Å². The topological polar surface area (TPSA) is 110 Å². The highest BCUT2D eigenvalue weighted by Crippen LogP contribution is 2.31.